The van der Waals surface area contributed by atoms with Crippen LogP contribution in [0.1, 0.15) is 22.4 Å². The van der Waals surface area contributed by atoms with Gasteiger partial charge in [-0.1, -0.05) is 90.2 Å². The molecule has 0 aliphatic rings. The van der Waals surface area contributed by atoms with E-state index in [4.69, 9.17) is 16.7 Å². The Morgan fingerprint density at radius 3 is 2.03 bits per heavy atom. The monoisotopic (exact) mass is 456 g/mol. The lowest BCUT2D eigenvalue weighted by Crippen LogP contribution is -1.98. The fourth-order valence-corrected chi connectivity index (χ4v) is 3.81. The second-order valence-electron chi connectivity index (χ2n) is 7.78. The molecule has 0 saturated heterocycles. The summed E-state index contributed by atoms with van der Waals surface area (Å²) in [7, 11) is 0. The van der Waals surface area contributed by atoms with Crippen molar-refractivity contribution in [2.75, 3.05) is 0 Å². The Labute approximate surface area is 204 Å². The fraction of sp³-hybridized carbons (Fsp3) is 0. The highest BCUT2D eigenvalue weighted by molar-refractivity contribution is 6.30. The van der Waals surface area contributed by atoms with E-state index in [1.807, 2.05) is 95.7 Å². The lowest BCUT2D eigenvalue weighted by Gasteiger charge is -2.04. The summed E-state index contributed by atoms with van der Waals surface area (Å²) >= 11 is 6.15. The number of para-hydroxylation sites is 1. The molecule has 0 saturated carbocycles. The molecule has 0 aliphatic carbocycles. The number of aromatic nitrogens is 2. The van der Waals surface area contributed by atoms with Crippen LogP contribution in [-0.2, 0) is 0 Å². The molecule has 3 heteroatoms. The minimum Gasteiger partial charge on any atom is -0.233 e. The number of rotatable bonds is 4. The second-order valence-corrected chi connectivity index (χ2v) is 8.22. The third kappa shape index (κ3) is 5.18. The van der Waals surface area contributed by atoms with E-state index in [1.165, 1.54) is 0 Å². The Morgan fingerprint density at radius 2 is 1.32 bits per heavy atom. The molecule has 0 atom stereocenters. The van der Waals surface area contributed by atoms with Crippen molar-refractivity contribution in [1.29, 1.82) is 0 Å². The average molecular weight is 457 g/mol. The number of hydrogen-bond donors (Lipinski definition) is 0. The van der Waals surface area contributed by atoms with Crippen LogP contribution >= 0.6 is 11.6 Å². The van der Waals surface area contributed by atoms with Crippen molar-refractivity contribution in [2.45, 2.75) is 0 Å². The largest absolute Gasteiger partial charge is 0.233 e. The van der Waals surface area contributed by atoms with E-state index >= 15 is 0 Å². The molecule has 0 bridgehead atoms. The van der Waals surface area contributed by atoms with Crippen molar-refractivity contribution in [1.82, 2.24) is 9.78 Å². The standard InChI is InChI=1S/C31H21ClN2/c32-28-11-7-10-26(22-28)18-21-30-23-31(33-34(30)29-12-5-2-6-13-29)27-19-16-25(17-20-27)15-14-24-8-3-1-4-9-24/h1-13,16-23H. The van der Waals surface area contributed by atoms with Crippen molar-refractivity contribution in [3.8, 4) is 28.8 Å². The molecule has 0 N–H and O–H groups in total. The van der Waals surface area contributed by atoms with Crippen LogP contribution < -0.4 is 0 Å². The highest BCUT2D eigenvalue weighted by Crippen LogP contribution is 2.24. The van der Waals surface area contributed by atoms with Crippen LogP contribution in [0, 0.1) is 11.8 Å². The molecule has 2 nitrogen and oxygen atoms in total. The van der Waals surface area contributed by atoms with Crippen molar-refractivity contribution < 1.29 is 0 Å². The maximum Gasteiger partial charge on any atom is 0.0933 e. The predicted molar refractivity (Wildman–Crippen MR) is 142 cm³/mol. The summed E-state index contributed by atoms with van der Waals surface area (Å²) < 4.78 is 1.96. The van der Waals surface area contributed by atoms with Crippen LogP contribution in [0.4, 0.5) is 0 Å². The normalized spacial score (nSPS) is 10.7. The predicted octanol–water partition coefficient (Wildman–Crippen LogP) is 7.76. The van der Waals surface area contributed by atoms with E-state index in [0.29, 0.717) is 0 Å². The molecule has 0 amide bonds. The van der Waals surface area contributed by atoms with E-state index < -0.39 is 0 Å². The molecular weight excluding hydrogens is 436 g/mol. The van der Waals surface area contributed by atoms with Crippen LogP contribution in [-0.4, -0.2) is 9.78 Å². The first-order valence-electron chi connectivity index (χ1n) is 11.0. The van der Waals surface area contributed by atoms with Crippen LogP contribution in [0.25, 0.3) is 29.1 Å². The van der Waals surface area contributed by atoms with Crippen molar-refractivity contribution in [3.05, 3.63) is 143 Å². The van der Waals surface area contributed by atoms with Gasteiger partial charge in [-0.2, -0.15) is 5.10 Å². The van der Waals surface area contributed by atoms with Gasteiger partial charge in [0, 0.05) is 21.7 Å². The molecule has 4 aromatic carbocycles. The van der Waals surface area contributed by atoms with Gasteiger partial charge in [0.25, 0.3) is 0 Å². The summed E-state index contributed by atoms with van der Waals surface area (Å²) in [5.74, 6) is 6.43. The smallest absolute Gasteiger partial charge is 0.0933 e. The zero-order valence-electron chi connectivity index (χ0n) is 18.4. The van der Waals surface area contributed by atoms with Gasteiger partial charge in [0.2, 0.25) is 0 Å². The zero-order valence-corrected chi connectivity index (χ0v) is 19.2. The van der Waals surface area contributed by atoms with Crippen molar-refractivity contribution in [2.24, 2.45) is 0 Å². The van der Waals surface area contributed by atoms with Gasteiger partial charge < -0.3 is 0 Å². The Morgan fingerprint density at radius 1 is 0.647 bits per heavy atom. The highest BCUT2D eigenvalue weighted by Gasteiger charge is 2.09. The van der Waals surface area contributed by atoms with Crippen LogP contribution in [0.5, 0.6) is 0 Å². The molecule has 1 aromatic heterocycles. The summed E-state index contributed by atoms with van der Waals surface area (Å²) in [6.07, 6.45) is 4.11. The minimum atomic E-state index is 0.717. The van der Waals surface area contributed by atoms with E-state index in [0.717, 1.165) is 44.4 Å². The number of nitrogens with zero attached hydrogens (tertiary/aromatic N) is 2. The van der Waals surface area contributed by atoms with Crippen LogP contribution in [0.2, 0.25) is 5.02 Å². The second kappa shape index (κ2) is 10.1. The quantitative estimate of drug-likeness (QED) is 0.252. The highest BCUT2D eigenvalue weighted by atomic mass is 35.5. The van der Waals surface area contributed by atoms with Gasteiger partial charge in [0.05, 0.1) is 17.1 Å². The molecule has 0 unspecified atom stereocenters. The van der Waals surface area contributed by atoms with E-state index in [2.05, 4.69) is 48.2 Å². The van der Waals surface area contributed by atoms with Gasteiger partial charge in [-0.15, -0.1) is 0 Å². The first kappa shape index (κ1) is 21.5. The average Bonchev–Trinajstić information content (AvgIpc) is 3.32. The van der Waals surface area contributed by atoms with Crippen molar-refractivity contribution in [3.63, 3.8) is 0 Å². The van der Waals surface area contributed by atoms with Crippen LogP contribution in [0.3, 0.4) is 0 Å². The van der Waals surface area contributed by atoms with Gasteiger partial charge >= 0.3 is 0 Å². The molecule has 5 rings (SSSR count). The summed E-state index contributed by atoms with van der Waals surface area (Å²) in [5.41, 5.74) is 6.94. The van der Waals surface area contributed by atoms with Crippen LogP contribution in [0.15, 0.2) is 115 Å². The van der Waals surface area contributed by atoms with E-state index in [-0.39, 0.29) is 0 Å². The molecule has 0 aliphatic heterocycles. The Bertz CT molecular complexity index is 1490. The SMILES string of the molecule is Clc1cccc(C=Cc2cc(-c3ccc(C#Cc4ccccc4)cc3)nn2-c2ccccc2)c1. The number of benzene rings is 4. The third-order valence-electron chi connectivity index (χ3n) is 5.34. The lowest BCUT2D eigenvalue weighted by molar-refractivity contribution is 0.875. The van der Waals surface area contributed by atoms with Gasteiger partial charge in [-0.05, 0) is 66.2 Å². The molecule has 0 fully saturated rings. The Balaban J connectivity index is 1.47. The van der Waals surface area contributed by atoms with E-state index in [1.54, 1.807) is 0 Å². The molecule has 5 aromatic rings. The first-order chi connectivity index (χ1) is 16.7. The third-order valence-corrected chi connectivity index (χ3v) is 5.57. The maximum absolute atomic E-state index is 6.15. The summed E-state index contributed by atoms with van der Waals surface area (Å²) in [4.78, 5) is 0. The topological polar surface area (TPSA) is 17.8 Å². The lowest BCUT2D eigenvalue weighted by atomic mass is 10.1. The van der Waals surface area contributed by atoms with E-state index in [9.17, 15) is 0 Å². The maximum atomic E-state index is 6.15. The van der Waals surface area contributed by atoms with Gasteiger partial charge in [0.15, 0.2) is 0 Å². The molecule has 0 radical (unpaired) electrons. The molecular formula is C31H21ClN2. The Kier molecular flexibility index (Phi) is 6.38. The number of halogens is 1. The molecule has 162 valence electrons. The summed E-state index contributed by atoms with van der Waals surface area (Å²) in [6, 6.07) is 38.2. The molecule has 0 spiro atoms. The van der Waals surface area contributed by atoms with Gasteiger partial charge in [-0.3, -0.25) is 0 Å². The van der Waals surface area contributed by atoms with Crippen molar-refractivity contribution >= 4 is 23.8 Å². The summed E-state index contributed by atoms with van der Waals surface area (Å²) in [6.45, 7) is 0. The molecule has 34 heavy (non-hydrogen) atoms. The molecule has 1 heterocycles. The zero-order chi connectivity index (χ0) is 23.2. The fourth-order valence-electron chi connectivity index (χ4n) is 3.61. The first-order valence-corrected chi connectivity index (χ1v) is 11.4. The minimum absolute atomic E-state index is 0.717. The van der Waals surface area contributed by atoms with Gasteiger partial charge in [0.1, 0.15) is 0 Å². The summed E-state index contributed by atoms with van der Waals surface area (Å²) in [5, 5.41) is 5.62. The van der Waals surface area contributed by atoms with Gasteiger partial charge in [-0.25, -0.2) is 4.68 Å². The Hall–Kier alpha value is -4.32. The number of hydrogen-bond acceptors (Lipinski definition) is 1.